The smallest absolute Gasteiger partial charge is 0.326 e. The highest BCUT2D eigenvalue weighted by Crippen LogP contribution is 2.16. The van der Waals surface area contributed by atoms with Gasteiger partial charge in [-0.1, -0.05) is 83.1 Å². The van der Waals surface area contributed by atoms with Crippen LogP contribution in [0.25, 0.3) is 0 Å². The topological polar surface area (TPSA) is 517 Å². The predicted molar refractivity (Wildman–Crippen MR) is 380 cm³/mol. The van der Waals surface area contributed by atoms with Gasteiger partial charge in [0.1, 0.15) is 72.5 Å². The van der Waals surface area contributed by atoms with E-state index in [1.165, 1.54) is 20.8 Å². The molecule has 0 aliphatic heterocycles. The third-order valence-corrected chi connectivity index (χ3v) is 16.3. The molecule has 0 heterocycles. The van der Waals surface area contributed by atoms with E-state index in [1.54, 1.807) is 27.7 Å². The fourth-order valence-corrected chi connectivity index (χ4v) is 10.5. The van der Waals surface area contributed by atoms with Gasteiger partial charge in [-0.25, -0.2) is 4.79 Å². The maximum atomic E-state index is 14.3. The summed E-state index contributed by atoms with van der Waals surface area (Å²) in [5.74, 6) is -10.7. The summed E-state index contributed by atoms with van der Waals surface area (Å²) in [4.78, 5) is 179. The van der Waals surface area contributed by atoms with E-state index in [0.717, 1.165) is 0 Å². The van der Waals surface area contributed by atoms with Crippen LogP contribution in [0, 0.1) is 35.5 Å². The molecular weight excluding hydrogens is 1280 g/mol. The molecule has 0 aromatic heterocycles. The molecule has 31 nitrogen and oxygen atoms in total. The monoisotopic (exact) mass is 1410 g/mol. The van der Waals surface area contributed by atoms with Crippen LogP contribution >= 0.6 is 0 Å². The van der Waals surface area contributed by atoms with Gasteiger partial charge in [0.2, 0.25) is 70.9 Å². The molecule has 0 spiro atoms. The Labute approximate surface area is 587 Å². The molecular formula is C68H129N17O14. The van der Waals surface area contributed by atoms with Crippen LogP contribution in [0.2, 0.25) is 0 Å². The molecule has 0 aromatic rings. The van der Waals surface area contributed by atoms with E-state index in [2.05, 4.69) is 63.8 Å². The molecule has 13 atom stereocenters. The van der Waals surface area contributed by atoms with Gasteiger partial charge in [0.15, 0.2) is 0 Å². The van der Waals surface area contributed by atoms with Gasteiger partial charge in [-0.05, 0) is 192 Å². The summed E-state index contributed by atoms with van der Waals surface area (Å²) in [6.45, 7) is 27.1. The highest BCUT2D eigenvalue weighted by Gasteiger charge is 2.37. The molecule has 570 valence electrons. The number of aliphatic carboxylic acids is 1. The highest BCUT2D eigenvalue weighted by atomic mass is 16.4. The second-order valence-corrected chi connectivity index (χ2v) is 28.6. The predicted octanol–water partition coefficient (Wildman–Crippen LogP) is -0.322. The van der Waals surface area contributed by atoms with Gasteiger partial charge in [-0.3, -0.25) is 57.5 Å². The van der Waals surface area contributed by atoms with E-state index >= 15 is 0 Å². The minimum absolute atomic E-state index is 0.0576. The van der Waals surface area contributed by atoms with Gasteiger partial charge in [0.25, 0.3) is 0 Å². The first-order chi connectivity index (χ1) is 46.3. The van der Waals surface area contributed by atoms with Crippen molar-refractivity contribution in [2.24, 2.45) is 64.2 Å². The number of hydrogen-bond donors (Lipinski definition) is 18. The molecule has 0 radical (unpaired) electrons. The average molecular weight is 1410 g/mol. The Morgan fingerprint density at radius 1 is 0.253 bits per heavy atom. The standard InChI is InChI=1S/C68H129N17O14/c1-37(2)32-50(63(93)74-43(13)56(86)77-46(24-16-20-28-69)59(89)80-49(27-19-23-31-72)62(92)83-53(35-40(7)8)66(96)85-54(68(98)99)36-41(9)10)81-60(90)47(25-17-21-29-70)78-57(87)44(14)75-64(94)51(33-38(3)4)84-65(95)52(34-39(5)6)82-61(91)48(26-18-22-30-71)79-58(88)45(15)76-67(97)55(73)42(11)12/h37-55H,16-36,69-73H2,1-15H3,(H,74,93)(H,75,94)(H,76,97)(H,77,86)(H,78,87)(H,79,88)(H,80,89)(H,81,90)(H,82,91)(H,83,92)(H,84,95)(H,85,96)(H,98,99)/t43-,44-,45-,46-,47-,48-,49-,50-,51-,52-,53-,54-,55-/m0/s1. The Morgan fingerprint density at radius 3 is 0.646 bits per heavy atom. The van der Waals surface area contributed by atoms with Gasteiger partial charge in [0, 0.05) is 0 Å². The van der Waals surface area contributed by atoms with Gasteiger partial charge >= 0.3 is 5.97 Å². The quantitative estimate of drug-likeness (QED) is 0.0347. The summed E-state index contributed by atoms with van der Waals surface area (Å²) in [5, 5.41) is 42.0. The molecule has 0 aliphatic carbocycles. The number of nitrogens with one attached hydrogen (secondary N) is 12. The zero-order chi connectivity index (χ0) is 75.8. The summed E-state index contributed by atoms with van der Waals surface area (Å²) in [5.41, 5.74) is 29.1. The number of unbranched alkanes of at least 4 members (excludes halogenated alkanes) is 4. The second kappa shape index (κ2) is 49.4. The van der Waals surface area contributed by atoms with Crippen LogP contribution in [0.3, 0.4) is 0 Å². The molecule has 31 heteroatoms. The molecule has 0 bridgehead atoms. The zero-order valence-corrected chi connectivity index (χ0v) is 62.0. The molecule has 0 saturated carbocycles. The van der Waals surface area contributed by atoms with Crippen LogP contribution in [0.4, 0.5) is 0 Å². The third kappa shape index (κ3) is 38.3. The number of carbonyl (C=O) groups excluding carboxylic acids is 12. The van der Waals surface area contributed by atoms with Crippen molar-refractivity contribution in [3.8, 4) is 0 Å². The Bertz CT molecular complexity index is 2540. The van der Waals surface area contributed by atoms with Crippen LogP contribution in [0.5, 0.6) is 0 Å². The molecule has 0 unspecified atom stereocenters. The average Bonchev–Trinajstić information content (AvgIpc) is 0.872. The van der Waals surface area contributed by atoms with Gasteiger partial charge in [-0.2, -0.15) is 0 Å². The number of amides is 12. The number of rotatable bonds is 52. The third-order valence-electron chi connectivity index (χ3n) is 16.3. The van der Waals surface area contributed by atoms with Crippen LogP contribution in [-0.4, -0.2) is 187 Å². The fourth-order valence-electron chi connectivity index (χ4n) is 10.5. The molecule has 0 aromatic carbocycles. The molecule has 99 heavy (non-hydrogen) atoms. The van der Waals surface area contributed by atoms with E-state index in [1.807, 2.05) is 55.4 Å². The summed E-state index contributed by atoms with van der Waals surface area (Å²) in [6, 6.07) is -15.4. The zero-order valence-electron chi connectivity index (χ0n) is 62.0. The van der Waals surface area contributed by atoms with Crippen molar-refractivity contribution in [3.63, 3.8) is 0 Å². The van der Waals surface area contributed by atoms with E-state index in [0.29, 0.717) is 57.9 Å². The lowest BCUT2D eigenvalue weighted by molar-refractivity contribution is -0.143. The second-order valence-electron chi connectivity index (χ2n) is 28.6. The van der Waals surface area contributed by atoms with E-state index in [9.17, 15) is 67.4 Å². The van der Waals surface area contributed by atoms with Gasteiger partial charge in [-0.15, -0.1) is 0 Å². The van der Waals surface area contributed by atoms with Crippen molar-refractivity contribution in [2.75, 3.05) is 26.2 Å². The van der Waals surface area contributed by atoms with Crippen molar-refractivity contribution in [1.82, 2.24) is 63.8 Å². The van der Waals surface area contributed by atoms with Crippen molar-refractivity contribution in [1.29, 1.82) is 0 Å². The Balaban J connectivity index is 6.68. The Morgan fingerprint density at radius 2 is 0.434 bits per heavy atom. The first kappa shape index (κ1) is 91.9. The largest absolute Gasteiger partial charge is 0.480 e. The maximum Gasteiger partial charge on any atom is 0.326 e. The lowest BCUT2D eigenvalue weighted by Crippen LogP contribution is -2.60. The first-order valence-electron chi connectivity index (χ1n) is 35.8. The highest BCUT2D eigenvalue weighted by molar-refractivity contribution is 5.99. The van der Waals surface area contributed by atoms with Gasteiger partial charge in [0.05, 0.1) is 6.04 Å². The Kier molecular flexibility index (Phi) is 45.9. The fraction of sp³-hybridized carbons (Fsp3) is 0.809. The molecule has 0 fully saturated rings. The van der Waals surface area contributed by atoms with Gasteiger partial charge < -0.3 is 97.6 Å². The molecule has 23 N–H and O–H groups in total. The minimum Gasteiger partial charge on any atom is -0.480 e. The van der Waals surface area contributed by atoms with Crippen LogP contribution in [-0.2, 0) is 62.3 Å². The summed E-state index contributed by atoms with van der Waals surface area (Å²) >= 11 is 0. The van der Waals surface area contributed by atoms with Crippen LogP contribution in [0.15, 0.2) is 0 Å². The maximum absolute atomic E-state index is 14.3. The SMILES string of the molecule is CC(C)C[C@H](NC(=O)[C@H](CC(C)C)NC(=O)[C@H](CCCCN)NC(=O)[C@H](CCCCN)NC(=O)[C@H](C)NC(=O)[C@H](CC(C)C)NC(=O)[C@H](CCCCN)NC(=O)[C@H](C)NC(=O)[C@H](CC(C)C)NC(=O)[C@H](CC(C)C)NC(=O)[C@H](CCCCN)NC(=O)[C@H](C)NC(=O)[C@@H](N)C(C)C)C(=O)O. The van der Waals surface area contributed by atoms with Crippen molar-refractivity contribution in [3.05, 3.63) is 0 Å². The number of carboxylic acids is 1. The van der Waals surface area contributed by atoms with E-state index < -0.39 is 155 Å². The van der Waals surface area contributed by atoms with Crippen LogP contribution in [0.1, 0.15) is 213 Å². The van der Waals surface area contributed by atoms with E-state index in [-0.39, 0.29) is 113 Å². The van der Waals surface area contributed by atoms with Crippen LogP contribution < -0.4 is 92.5 Å². The number of nitrogens with two attached hydrogens (primary N) is 5. The summed E-state index contributed by atoms with van der Waals surface area (Å²) < 4.78 is 0. The minimum atomic E-state index is -1.30. The normalized spacial score (nSPS) is 15.5. The van der Waals surface area contributed by atoms with Crippen molar-refractivity contribution < 1.29 is 67.4 Å². The number of hydrogen-bond acceptors (Lipinski definition) is 18. The number of carbonyl (C=O) groups is 13. The number of carboxylic acid groups (broad SMARTS) is 1. The molecule has 0 rings (SSSR count). The summed E-state index contributed by atoms with van der Waals surface area (Å²) in [7, 11) is 0. The first-order valence-corrected chi connectivity index (χ1v) is 35.8. The molecule has 0 aliphatic rings. The lowest BCUT2D eigenvalue weighted by Gasteiger charge is -2.28. The lowest BCUT2D eigenvalue weighted by atomic mass is 9.99. The molecule has 0 saturated heterocycles. The van der Waals surface area contributed by atoms with E-state index in [4.69, 9.17) is 28.7 Å². The Hall–Kier alpha value is -7.09. The van der Waals surface area contributed by atoms with Crippen molar-refractivity contribution in [2.45, 2.75) is 292 Å². The summed E-state index contributed by atoms with van der Waals surface area (Å²) in [6.07, 6.45) is 4.48. The molecule has 12 amide bonds. The van der Waals surface area contributed by atoms with Crippen molar-refractivity contribution >= 4 is 76.9 Å².